The quantitative estimate of drug-likeness (QED) is 0.0927. The van der Waals surface area contributed by atoms with Gasteiger partial charge in [-0.25, -0.2) is 8.42 Å². The van der Waals surface area contributed by atoms with Gasteiger partial charge in [0.1, 0.15) is 18.3 Å². The Labute approximate surface area is 295 Å². The summed E-state index contributed by atoms with van der Waals surface area (Å²) in [5.41, 5.74) is -2.17. The number of hydrogen-bond donors (Lipinski definition) is 6. The van der Waals surface area contributed by atoms with Gasteiger partial charge in [0.25, 0.3) is 0 Å². The van der Waals surface area contributed by atoms with Crippen LogP contribution in [0.1, 0.15) is 92.4 Å². The van der Waals surface area contributed by atoms with E-state index in [0.29, 0.717) is 32.1 Å². The van der Waals surface area contributed by atoms with E-state index in [4.69, 9.17) is 13.7 Å². The van der Waals surface area contributed by atoms with Gasteiger partial charge in [0, 0.05) is 12.3 Å². The second kappa shape index (κ2) is 14.3. The van der Waals surface area contributed by atoms with Crippen molar-refractivity contribution in [3.63, 3.8) is 0 Å². The van der Waals surface area contributed by atoms with Crippen molar-refractivity contribution in [2.75, 3.05) is 6.61 Å². The number of fused-ring (bicyclic) bond motifs is 5. The van der Waals surface area contributed by atoms with Crippen LogP contribution in [-0.2, 0) is 24.1 Å². The van der Waals surface area contributed by atoms with Gasteiger partial charge in [-0.3, -0.25) is 4.18 Å². The van der Waals surface area contributed by atoms with Crippen molar-refractivity contribution in [3.05, 3.63) is 0 Å². The summed E-state index contributed by atoms with van der Waals surface area (Å²) in [4.78, 5) is 0. The first-order valence-corrected chi connectivity index (χ1v) is 18.2. The van der Waals surface area contributed by atoms with E-state index < -0.39 is 70.2 Å². The smallest absolute Gasteiger partial charge is 0.726 e. The number of aliphatic hydroxyl groups is 6. The molecule has 0 aromatic rings. The summed E-state index contributed by atoms with van der Waals surface area (Å²) in [5.74, 6) is -0.585. The fourth-order valence-electron chi connectivity index (χ4n) is 10.9. The molecule has 0 aromatic carbocycles. The predicted molar refractivity (Wildman–Crippen MR) is 160 cm³/mol. The van der Waals surface area contributed by atoms with Crippen molar-refractivity contribution < 1.29 is 86.8 Å². The summed E-state index contributed by atoms with van der Waals surface area (Å²) in [6.45, 7) is 10.3. The third-order valence-electron chi connectivity index (χ3n) is 13.1. The van der Waals surface area contributed by atoms with Crippen LogP contribution < -0.4 is 29.6 Å². The molecule has 6 N–H and O–H groups in total. The molecular formula is C32H55NaO12S. The van der Waals surface area contributed by atoms with Crippen molar-refractivity contribution in [1.29, 1.82) is 0 Å². The van der Waals surface area contributed by atoms with Gasteiger partial charge < -0.3 is 44.7 Å². The Hall–Kier alpha value is 0.550. The third kappa shape index (κ3) is 7.17. The van der Waals surface area contributed by atoms with Crippen LogP contribution in [0.4, 0.5) is 0 Å². The monoisotopic (exact) mass is 686 g/mol. The van der Waals surface area contributed by atoms with Crippen LogP contribution in [0.15, 0.2) is 0 Å². The molecule has 5 rings (SSSR count). The fraction of sp³-hybridized carbons (Fsp3) is 1.00. The van der Waals surface area contributed by atoms with E-state index in [1.54, 1.807) is 0 Å². The van der Waals surface area contributed by atoms with E-state index >= 15 is 0 Å². The number of aliphatic hydroxyl groups excluding tert-OH is 5. The maximum atomic E-state index is 12.6. The first-order valence-electron chi connectivity index (χ1n) is 16.9. The Balaban J connectivity index is 0.00000480. The molecule has 1 heterocycles. The molecular weight excluding hydrogens is 631 g/mol. The van der Waals surface area contributed by atoms with Crippen LogP contribution in [0.5, 0.6) is 0 Å². The SMILES string of the molecule is CC(C)[C@H](CC[C@@H](C)[C@H]1C[C@@H](O)C2[C@]3(O)C[C@H](O)C4C[C@@H](OS(=O)(=O)[O-])CC[C@]4(C)C3CC[C@@]21C)OC1OCC(O)C(O)C1O.[Na+]. The average Bonchev–Trinajstić information content (AvgIpc) is 3.21. The van der Waals surface area contributed by atoms with E-state index in [1.807, 2.05) is 13.8 Å². The molecule has 0 amide bonds. The number of rotatable bonds is 9. The molecule has 4 saturated carbocycles. The van der Waals surface area contributed by atoms with Gasteiger partial charge in [0.05, 0.1) is 36.6 Å². The molecule has 4 aliphatic carbocycles. The summed E-state index contributed by atoms with van der Waals surface area (Å²) >= 11 is 0. The summed E-state index contributed by atoms with van der Waals surface area (Å²) in [6, 6.07) is 0. The van der Waals surface area contributed by atoms with Crippen LogP contribution in [0.2, 0.25) is 0 Å². The molecule has 0 spiro atoms. The minimum absolute atomic E-state index is 0. The molecule has 0 bridgehead atoms. The van der Waals surface area contributed by atoms with Gasteiger partial charge in [-0.05, 0) is 91.8 Å². The van der Waals surface area contributed by atoms with Crippen molar-refractivity contribution >= 4 is 10.4 Å². The Morgan fingerprint density at radius 2 is 1.57 bits per heavy atom. The van der Waals surface area contributed by atoms with E-state index in [1.165, 1.54) is 0 Å². The Bertz CT molecular complexity index is 1160. The summed E-state index contributed by atoms with van der Waals surface area (Å²) in [7, 11) is -4.86. The van der Waals surface area contributed by atoms with E-state index in [-0.39, 0.29) is 90.1 Å². The minimum atomic E-state index is -4.86. The Morgan fingerprint density at radius 1 is 0.913 bits per heavy atom. The Morgan fingerprint density at radius 3 is 2.20 bits per heavy atom. The van der Waals surface area contributed by atoms with Gasteiger partial charge in [-0.2, -0.15) is 0 Å². The molecule has 14 heteroatoms. The third-order valence-corrected chi connectivity index (χ3v) is 13.6. The maximum absolute atomic E-state index is 12.6. The van der Waals surface area contributed by atoms with Crippen LogP contribution in [0.25, 0.3) is 0 Å². The second-order valence-corrected chi connectivity index (χ2v) is 17.0. The van der Waals surface area contributed by atoms with Crippen LogP contribution in [-0.4, -0.2) is 105 Å². The van der Waals surface area contributed by atoms with Gasteiger partial charge in [0.2, 0.25) is 10.4 Å². The molecule has 1 saturated heterocycles. The zero-order valence-electron chi connectivity index (χ0n) is 28.2. The van der Waals surface area contributed by atoms with Crippen molar-refractivity contribution in [2.45, 2.75) is 147 Å². The topological polar surface area (TPSA) is 206 Å². The zero-order chi connectivity index (χ0) is 33.3. The maximum Gasteiger partial charge on any atom is 1.00 e. The molecule has 12 nitrogen and oxygen atoms in total. The van der Waals surface area contributed by atoms with E-state index in [0.717, 1.165) is 12.8 Å². The molecule has 0 radical (unpaired) electrons. The normalized spacial score (nSPS) is 48.9. The average molecular weight is 687 g/mol. The molecule has 46 heavy (non-hydrogen) atoms. The molecule has 16 atom stereocenters. The molecule has 1 aliphatic heterocycles. The van der Waals surface area contributed by atoms with Crippen LogP contribution in [0, 0.1) is 46.3 Å². The molecule has 7 unspecified atom stereocenters. The van der Waals surface area contributed by atoms with Gasteiger partial charge >= 0.3 is 29.6 Å². The summed E-state index contributed by atoms with van der Waals surface area (Å²) in [5, 5.41) is 65.9. The van der Waals surface area contributed by atoms with Gasteiger partial charge in [0.15, 0.2) is 6.29 Å². The van der Waals surface area contributed by atoms with E-state index in [9.17, 15) is 43.6 Å². The standard InChI is InChI=1S/C32H56O12S.Na/c1-16(2)24(43-29-27(37)26(36)23(35)15-42-29)7-6-17(3)19-13-21(33)28-31(19,5)11-9-25-30(4)10-8-18(44-45(39,40)41)12-20(30)22(34)14-32(25,28)38;/h16-29,33-38H,6-15H2,1-5H3,(H,39,40,41);/q;+1/p-1/t17-,18+,19-,20?,21-,22+,23?,24+,25?,26?,27?,28?,29?,30+,31-,32+;/m1./s1. The van der Waals surface area contributed by atoms with Crippen molar-refractivity contribution in [2.24, 2.45) is 46.3 Å². The minimum Gasteiger partial charge on any atom is -0.726 e. The van der Waals surface area contributed by atoms with Gasteiger partial charge in [-0.1, -0.05) is 34.6 Å². The van der Waals surface area contributed by atoms with Crippen molar-refractivity contribution in [1.82, 2.24) is 0 Å². The molecule has 262 valence electrons. The van der Waals surface area contributed by atoms with Crippen LogP contribution >= 0.6 is 0 Å². The van der Waals surface area contributed by atoms with E-state index in [2.05, 4.69) is 20.8 Å². The summed E-state index contributed by atoms with van der Waals surface area (Å²) in [6.07, 6.45) is -3.00. The predicted octanol–water partition coefficient (Wildman–Crippen LogP) is -1.55. The number of hydrogen-bond acceptors (Lipinski definition) is 12. The van der Waals surface area contributed by atoms with Crippen molar-refractivity contribution in [3.8, 4) is 0 Å². The molecule has 5 aliphatic rings. The zero-order valence-corrected chi connectivity index (χ0v) is 31.0. The van der Waals surface area contributed by atoms with Gasteiger partial charge in [-0.15, -0.1) is 0 Å². The number of ether oxygens (including phenoxy) is 2. The Kier molecular flexibility index (Phi) is 12.2. The molecule has 0 aromatic heterocycles. The first-order chi connectivity index (χ1) is 20.8. The van der Waals surface area contributed by atoms with Crippen LogP contribution in [0.3, 0.4) is 0 Å². The largest absolute Gasteiger partial charge is 1.00 e. The summed E-state index contributed by atoms with van der Waals surface area (Å²) < 4.78 is 50.2. The second-order valence-electron chi connectivity index (χ2n) is 16.0. The molecule has 5 fully saturated rings. The first kappa shape index (κ1) is 39.3. The fourth-order valence-corrected chi connectivity index (χ4v) is 11.4.